The van der Waals surface area contributed by atoms with Gasteiger partial charge in [-0.15, -0.1) is 0 Å². The summed E-state index contributed by atoms with van der Waals surface area (Å²) in [4.78, 5) is 10.7. The zero-order valence-electron chi connectivity index (χ0n) is 10.8. The van der Waals surface area contributed by atoms with Crippen molar-refractivity contribution < 1.29 is 4.92 Å². The fourth-order valence-electron chi connectivity index (χ4n) is 2.69. The van der Waals surface area contributed by atoms with Crippen LogP contribution in [-0.2, 0) is 7.05 Å². The Morgan fingerprint density at radius 3 is 2.67 bits per heavy atom. The monoisotopic (exact) mass is 253 g/mol. The van der Waals surface area contributed by atoms with E-state index in [4.69, 9.17) is 5.73 Å². The second-order valence-electron chi connectivity index (χ2n) is 4.98. The van der Waals surface area contributed by atoms with Crippen LogP contribution in [0.1, 0.15) is 31.4 Å². The van der Waals surface area contributed by atoms with Crippen LogP contribution in [0.4, 0.5) is 11.5 Å². The molecule has 7 nitrogen and oxygen atoms in total. The van der Waals surface area contributed by atoms with Gasteiger partial charge in [0.1, 0.15) is 5.69 Å². The van der Waals surface area contributed by atoms with Crippen molar-refractivity contribution in [2.75, 3.05) is 11.9 Å². The molecule has 1 fully saturated rings. The molecule has 1 aromatic heterocycles. The van der Waals surface area contributed by atoms with Crippen molar-refractivity contribution in [1.29, 1.82) is 0 Å². The molecule has 0 aromatic carbocycles. The first-order chi connectivity index (χ1) is 8.49. The Morgan fingerprint density at radius 2 is 2.17 bits per heavy atom. The van der Waals surface area contributed by atoms with E-state index < -0.39 is 0 Å². The van der Waals surface area contributed by atoms with E-state index in [2.05, 4.69) is 10.4 Å². The third-order valence-corrected chi connectivity index (χ3v) is 3.71. The minimum absolute atomic E-state index is 0.0530. The van der Waals surface area contributed by atoms with Crippen molar-refractivity contribution in [3.8, 4) is 0 Å². The maximum Gasteiger partial charge on any atom is 0.333 e. The number of nitrogens with two attached hydrogens (primary N) is 1. The molecular formula is C11H19N5O2. The van der Waals surface area contributed by atoms with Crippen LogP contribution in [0.25, 0.3) is 0 Å². The number of nitrogens with zero attached hydrogens (tertiary/aromatic N) is 3. The maximum atomic E-state index is 11.1. The van der Waals surface area contributed by atoms with Crippen molar-refractivity contribution in [1.82, 2.24) is 9.78 Å². The molecule has 0 amide bonds. The molecule has 0 atom stereocenters. The summed E-state index contributed by atoms with van der Waals surface area (Å²) < 4.78 is 1.53. The molecule has 18 heavy (non-hydrogen) atoms. The van der Waals surface area contributed by atoms with Crippen LogP contribution in [-0.4, -0.2) is 26.8 Å². The molecule has 1 aliphatic rings. The largest absolute Gasteiger partial charge is 0.358 e. The summed E-state index contributed by atoms with van der Waals surface area (Å²) in [5.41, 5.74) is 6.10. The van der Waals surface area contributed by atoms with E-state index in [1.807, 2.05) is 0 Å². The molecule has 1 aromatic rings. The Labute approximate surface area is 105 Å². The predicted octanol–water partition coefficient (Wildman–Crippen LogP) is 1.32. The van der Waals surface area contributed by atoms with Crippen LogP contribution in [0, 0.1) is 17.0 Å². The van der Waals surface area contributed by atoms with Crippen LogP contribution in [0.2, 0.25) is 0 Å². The van der Waals surface area contributed by atoms with Gasteiger partial charge in [-0.05, 0) is 19.8 Å². The summed E-state index contributed by atoms with van der Waals surface area (Å²) in [5, 5.41) is 18.5. The second-order valence-corrected chi connectivity index (χ2v) is 4.98. The van der Waals surface area contributed by atoms with Gasteiger partial charge in [-0.2, -0.15) is 5.10 Å². The predicted molar refractivity (Wildman–Crippen MR) is 68.5 cm³/mol. The van der Waals surface area contributed by atoms with Crippen LogP contribution < -0.4 is 11.1 Å². The molecule has 7 heteroatoms. The van der Waals surface area contributed by atoms with Gasteiger partial charge in [-0.1, -0.05) is 12.8 Å². The van der Waals surface area contributed by atoms with E-state index in [0.29, 0.717) is 18.1 Å². The van der Waals surface area contributed by atoms with Crippen LogP contribution in [0.15, 0.2) is 0 Å². The highest BCUT2D eigenvalue weighted by molar-refractivity contribution is 5.60. The van der Waals surface area contributed by atoms with E-state index in [-0.39, 0.29) is 16.1 Å². The first-order valence-electron chi connectivity index (χ1n) is 6.15. The lowest BCUT2D eigenvalue weighted by atomic mass is 9.98. The molecule has 1 aliphatic carbocycles. The first-order valence-corrected chi connectivity index (χ1v) is 6.15. The summed E-state index contributed by atoms with van der Waals surface area (Å²) in [7, 11) is 1.71. The zero-order chi connectivity index (χ0) is 13.3. The lowest BCUT2D eigenvalue weighted by molar-refractivity contribution is -0.384. The van der Waals surface area contributed by atoms with Crippen molar-refractivity contribution in [3.05, 3.63) is 15.8 Å². The summed E-state index contributed by atoms with van der Waals surface area (Å²) in [5.74, 6) is 0.463. The minimum atomic E-state index is -0.385. The molecule has 0 spiro atoms. The van der Waals surface area contributed by atoms with Crippen LogP contribution in [0.3, 0.4) is 0 Å². The molecule has 100 valence electrons. The highest BCUT2D eigenvalue weighted by Crippen LogP contribution is 2.36. The minimum Gasteiger partial charge on any atom is -0.358 e. The van der Waals surface area contributed by atoms with Crippen molar-refractivity contribution >= 4 is 11.5 Å². The van der Waals surface area contributed by atoms with E-state index in [9.17, 15) is 10.1 Å². The first kappa shape index (κ1) is 12.8. The van der Waals surface area contributed by atoms with Crippen molar-refractivity contribution in [2.45, 2.75) is 38.1 Å². The number of anilines is 1. The van der Waals surface area contributed by atoms with Gasteiger partial charge >= 0.3 is 5.69 Å². The molecule has 1 heterocycles. The van der Waals surface area contributed by atoms with Crippen molar-refractivity contribution in [3.63, 3.8) is 0 Å². The van der Waals surface area contributed by atoms with E-state index in [1.165, 1.54) is 4.68 Å². The normalized spacial score (nSPS) is 17.9. The van der Waals surface area contributed by atoms with Gasteiger partial charge < -0.3 is 11.1 Å². The smallest absolute Gasteiger partial charge is 0.333 e. The van der Waals surface area contributed by atoms with Crippen molar-refractivity contribution in [2.24, 2.45) is 12.8 Å². The third-order valence-electron chi connectivity index (χ3n) is 3.71. The summed E-state index contributed by atoms with van der Waals surface area (Å²) in [6.45, 7) is 2.13. The third kappa shape index (κ3) is 2.05. The SMILES string of the molecule is Cc1nn(C)c(NC2(CN)CCCC2)c1[N+](=O)[O-]. The number of aryl methyl sites for hydroxylation is 2. The molecular weight excluding hydrogens is 234 g/mol. The van der Waals surface area contributed by atoms with Gasteiger partial charge in [-0.3, -0.25) is 10.1 Å². The Kier molecular flexibility index (Phi) is 3.25. The van der Waals surface area contributed by atoms with E-state index in [0.717, 1.165) is 25.7 Å². The van der Waals surface area contributed by atoms with Gasteiger partial charge in [0.15, 0.2) is 0 Å². The quantitative estimate of drug-likeness (QED) is 0.622. The van der Waals surface area contributed by atoms with Gasteiger partial charge in [0.2, 0.25) is 5.82 Å². The van der Waals surface area contributed by atoms with Gasteiger partial charge in [0.05, 0.1) is 10.5 Å². The number of hydrogen-bond acceptors (Lipinski definition) is 5. The second kappa shape index (κ2) is 4.56. The number of rotatable bonds is 4. The highest BCUT2D eigenvalue weighted by Gasteiger charge is 2.36. The van der Waals surface area contributed by atoms with E-state index >= 15 is 0 Å². The number of nitro groups is 1. The number of hydrogen-bond donors (Lipinski definition) is 2. The lowest BCUT2D eigenvalue weighted by Crippen LogP contribution is -2.43. The Bertz CT molecular complexity index is 462. The van der Waals surface area contributed by atoms with E-state index in [1.54, 1.807) is 14.0 Å². The number of aromatic nitrogens is 2. The molecule has 0 bridgehead atoms. The molecule has 0 unspecified atom stereocenters. The van der Waals surface area contributed by atoms with Gasteiger partial charge in [-0.25, -0.2) is 4.68 Å². The molecule has 0 radical (unpaired) electrons. The number of nitrogens with one attached hydrogen (secondary N) is 1. The Morgan fingerprint density at radius 1 is 1.56 bits per heavy atom. The van der Waals surface area contributed by atoms with Crippen LogP contribution >= 0.6 is 0 Å². The average molecular weight is 253 g/mol. The molecule has 3 N–H and O–H groups in total. The van der Waals surface area contributed by atoms with Gasteiger partial charge in [0.25, 0.3) is 0 Å². The average Bonchev–Trinajstić information content (AvgIpc) is 2.86. The summed E-state index contributed by atoms with van der Waals surface area (Å²) in [6, 6.07) is 0. The fourth-order valence-corrected chi connectivity index (χ4v) is 2.69. The van der Waals surface area contributed by atoms with Crippen LogP contribution in [0.5, 0.6) is 0 Å². The standard InChI is InChI=1S/C11H19N5O2/c1-8-9(16(17)18)10(15(2)14-8)13-11(7-12)5-3-4-6-11/h13H,3-7,12H2,1-2H3. The zero-order valence-corrected chi connectivity index (χ0v) is 10.8. The highest BCUT2D eigenvalue weighted by atomic mass is 16.6. The molecule has 1 saturated carbocycles. The molecule has 2 rings (SSSR count). The Balaban J connectivity index is 2.36. The summed E-state index contributed by atoms with van der Waals surface area (Å²) in [6.07, 6.45) is 4.11. The summed E-state index contributed by atoms with van der Waals surface area (Å²) >= 11 is 0. The molecule has 0 saturated heterocycles. The topological polar surface area (TPSA) is 99.0 Å². The fraction of sp³-hybridized carbons (Fsp3) is 0.727. The maximum absolute atomic E-state index is 11.1. The molecule has 0 aliphatic heterocycles. The lowest BCUT2D eigenvalue weighted by Gasteiger charge is -2.29. The van der Waals surface area contributed by atoms with Gasteiger partial charge in [0, 0.05) is 13.6 Å². The Hall–Kier alpha value is -1.63.